The van der Waals surface area contributed by atoms with Crippen LogP contribution in [0, 0.1) is 11.8 Å². The molecule has 1 aromatic carbocycles. The second kappa shape index (κ2) is 19.0. The molecular weight excluding hydrogens is 630 g/mol. The average Bonchev–Trinajstić information content (AvgIpc) is 2.98. The number of ketones is 1. The molecule has 0 spiro atoms. The highest BCUT2D eigenvalue weighted by Gasteiger charge is 2.46. The van der Waals surface area contributed by atoms with Gasteiger partial charge in [-0.15, -0.1) is 0 Å². The molecule has 1 aliphatic rings. The van der Waals surface area contributed by atoms with E-state index in [4.69, 9.17) is 43.1 Å². The van der Waals surface area contributed by atoms with Crippen LogP contribution in [0.2, 0.25) is 18.1 Å². The lowest BCUT2D eigenvalue weighted by atomic mass is 9.84. The summed E-state index contributed by atoms with van der Waals surface area (Å²) in [4.78, 5) is 39.2. The van der Waals surface area contributed by atoms with Gasteiger partial charge in [-0.1, -0.05) is 39.7 Å². The van der Waals surface area contributed by atoms with E-state index in [0.29, 0.717) is 30.1 Å². The van der Waals surface area contributed by atoms with Crippen LogP contribution in [-0.4, -0.2) is 84.5 Å². The number of carbonyl (C=O) groups excluding carboxylic acids is 3. The minimum Gasteiger partial charge on any atom is -0.541 e. The van der Waals surface area contributed by atoms with Gasteiger partial charge in [-0.3, -0.25) is 14.4 Å². The van der Waals surface area contributed by atoms with Crippen LogP contribution in [0.25, 0.3) is 10.4 Å². The van der Waals surface area contributed by atoms with E-state index in [1.54, 1.807) is 18.2 Å². The van der Waals surface area contributed by atoms with Gasteiger partial charge in [-0.05, 0) is 48.3 Å². The van der Waals surface area contributed by atoms with Crippen molar-refractivity contribution in [3.05, 3.63) is 34.2 Å². The fraction of sp³-hybridized carbons (Fsp3) is 0.719. The predicted molar refractivity (Wildman–Crippen MR) is 174 cm³/mol. The fourth-order valence-corrected chi connectivity index (χ4v) is 5.43. The molecule has 1 aromatic rings. The number of hydrogen-bond acceptors (Lipinski definition) is 12. The first-order chi connectivity index (χ1) is 22.1. The molecule has 1 saturated heterocycles. The maximum absolute atomic E-state index is 13.2. The molecule has 1 fully saturated rings. The van der Waals surface area contributed by atoms with Crippen molar-refractivity contribution in [3.8, 4) is 11.5 Å². The van der Waals surface area contributed by atoms with Crippen LogP contribution in [0.3, 0.4) is 0 Å². The summed E-state index contributed by atoms with van der Waals surface area (Å²) >= 11 is 0. The van der Waals surface area contributed by atoms with Crippen LogP contribution < -0.4 is 9.16 Å². The van der Waals surface area contributed by atoms with Gasteiger partial charge in [0, 0.05) is 55.7 Å². The SMILES string of the molecule is CC(=O)OC[C@H]1O[C@@H](Oc2ccc(C(=O)CCCOCOCOCCN=[N+]=[N-])cc2O[Si](C)(C)C(C)(C)C)[C@H](C)[C@@H](C)[C@H]1OC(C)=O. The molecular formula is C32H51N3O11Si. The van der Waals surface area contributed by atoms with E-state index in [2.05, 4.69) is 43.9 Å². The molecule has 0 N–H and O–H groups in total. The Balaban J connectivity index is 2.16. The first-order valence-electron chi connectivity index (χ1n) is 15.8. The van der Waals surface area contributed by atoms with Crippen LogP contribution >= 0.6 is 0 Å². The lowest BCUT2D eigenvalue weighted by Crippen LogP contribution is -2.54. The lowest BCUT2D eigenvalue weighted by molar-refractivity contribution is -0.248. The van der Waals surface area contributed by atoms with Gasteiger partial charge in [0.1, 0.15) is 38.2 Å². The highest BCUT2D eigenvalue weighted by Crippen LogP contribution is 2.42. The summed E-state index contributed by atoms with van der Waals surface area (Å²) in [5.41, 5.74) is 8.71. The minimum atomic E-state index is -2.37. The van der Waals surface area contributed by atoms with E-state index >= 15 is 0 Å². The largest absolute Gasteiger partial charge is 0.541 e. The van der Waals surface area contributed by atoms with Crippen molar-refractivity contribution in [2.24, 2.45) is 17.0 Å². The highest BCUT2D eigenvalue weighted by atomic mass is 28.4. The van der Waals surface area contributed by atoms with Crippen molar-refractivity contribution in [1.29, 1.82) is 0 Å². The predicted octanol–water partition coefficient (Wildman–Crippen LogP) is 6.18. The number of esters is 2. The molecule has 1 heterocycles. The zero-order chi connectivity index (χ0) is 35.2. The molecule has 14 nitrogen and oxygen atoms in total. The van der Waals surface area contributed by atoms with Gasteiger partial charge in [-0.2, -0.15) is 0 Å². The molecule has 15 heteroatoms. The Morgan fingerprint density at radius 2 is 1.66 bits per heavy atom. The third-order valence-electron chi connectivity index (χ3n) is 8.31. The summed E-state index contributed by atoms with van der Waals surface area (Å²) in [7, 11) is -2.37. The van der Waals surface area contributed by atoms with Gasteiger partial charge >= 0.3 is 11.9 Å². The normalized spacial score (nSPS) is 21.3. The molecule has 0 saturated carbocycles. The van der Waals surface area contributed by atoms with Gasteiger partial charge in [0.15, 0.2) is 11.5 Å². The molecule has 0 unspecified atom stereocenters. The van der Waals surface area contributed by atoms with Gasteiger partial charge in [0.2, 0.25) is 6.29 Å². The summed E-state index contributed by atoms with van der Waals surface area (Å²) in [6.45, 7) is 17.8. The van der Waals surface area contributed by atoms with Crippen LogP contribution in [0.1, 0.15) is 71.7 Å². The zero-order valence-electron chi connectivity index (χ0n) is 29.1. The highest BCUT2D eigenvalue weighted by molar-refractivity contribution is 6.74. The number of nitrogens with zero attached hydrogens (tertiary/aromatic N) is 3. The minimum absolute atomic E-state index is 0.00845. The maximum atomic E-state index is 13.2. The Morgan fingerprint density at radius 1 is 0.979 bits per heavy atom. The van der Waals surface area contributed by atoms with E-state index in [1.165, 1.54) is 13.8 Å². The van der Waals surface area contributed by atoms with E-state index in [-0.39, 0.29) is 62.4 Å². The van der Waals surface area contributed by atoms with Gasteiger partial charge < -0.3 is 37.6 Å². The van der Waals surface area contributed by atoms with Gasteiger partial charge in [0.05, 0.1) is 6.61 Å². The molecule has 0 aliphatic carbocycles. The average molecular weight is 682 g/mol. The zero-order valence-corrected chi connectivity index (χ0v) is 30.1. The first kappa shape index (κ1) is 40.0. The first-order valence-corrected chi connectivity index (χ1v) is 18.7. The number of ether oxygens (including phenoxy) is 7. The Labute approximate surface area is 278 Å². The Hall–Kier alpha value is -3.20. The van der Waals surface area contributed by atoms with Crippen molar-refractivity contribution < 1.29 is 52.0 Å². The lowest BCUT2D eigenvalue weighted by Gasteiger charge is -2.43. The number of Topliss-reactive ketones (excluding diaryl/α,β-unsaturated/α-hetero) is 1. The van der Waals surface area contributed by atoms with Crippen LogP contribution in [0.5, 0.6) is 11.5 Å². The molecule has 1 aliphatic heterocycles. The van der Waals surface area contributed by atoms with Crippen molar-refractivity contribution in [2.75, 3.05) is 40.0 Å². The van der Waals surface area contributed by atoms with Crippen LogP contribution in [0.15, 0.2) is 23.3 Å². The molecule has 0 aromatic heterocycles. The number of rotatable bonds is 19. The maximum Gasteiger partial charge on any atom is 0.303 e. The van der Waals surface area contributed by atoms with Crippen LogP contribution in [0.4, 0.5) is 0 Å². The summed E-state index contributed by atoms with van der Waals surface area (Å²) < 4.78 is 45.9. The van der Waals surface area contributed by atoms with E-state index < -0.39 is 38.8 Å². The van der Waals surface area contributed by atoms with Gasteiger partial charge in [0.25, 0.3) is 8.32 Å². The van der Waals surface area contributed by atoms with Gasteiger partial charge in [-0.25, -0.2) is 0 Å². The third-order valence-corrected chi connectivity index (χ3v) is 12.7. The van der Waals surface area contributed by atoms with Crippen LogP contribution in [-0.2, 0) is 38.0 Å². The van der Waals surface area contributed by atoms with E-state index in [1.807, 2.05) is 13.8 Å². The Bertz CT molecular complexity index is 1230. The summed E-state index contributed by atoms with van der Waals surface area (Å²) in [6.07, 6.45) is -1.43. The van der Waals surface area contributed by atoms with Crippen molar-refractivity contribution in [1.82, 2.24) is 0 Å². The number of carbonyl (C=O) groups is 3. The molecule has 0 bridgehead atoms. The number of hydrogen-bond donors (Lipinski definition) is 0. The van der Waals surface area contributed by atoms with Crippen molar-refractivity contribution in [3.63, 3.8) is 0 Å². The molecule has 264 valence electrons. The Morgan fingerprint density at radius 3 is 2.28 bits per heavy atom. The third kappa shape index (κ3) is 13.1. The Kier molecular flexibility index (Phi) is 16.1. The van der Waals surface area contributed by atoms with Crippen molar-refractivity contribution in [2.45, 2.75) is 97.9 Å². The molecule has 0 amide bonds. The summed E-state index contributed by atoms with van der Waals surface area (Å²) in [5.74, 6) is -0.570. The van der Waals surface area contributed by atoms with E-state index in [0.717, 1.165) is 0 Å². The smallest absolute Gasteiger partial charge is 0.303 e. The number of azide groups is 1. The second-order valence-electron chi connectivity index (χ2n) is 13.0. The molecule has 5 atom stereocenters. The quantitative estimate of drug-likeness (QED) is 0.0238. The molecule has 2 rings (SSSR count). The van der Waals surface area contributed by atoms with E-state index in [9.17, 15) is 14.4 Å². The standard InChI is InChI=1S/C32H51N3O11Si/c1-21-22(2)31(45-29(18-42-23(3)36)30(21)43-24(4)37)44-27-13-12-25(17-28(27)46-47(8,9)32(5,6)7)26(38)11-10-15-39-19-41-20-40-16-14-34-35-33/h12-13,17,21-22,29-31H,10-11,14-16,18-20H2,1-9H3/t21-,22-,29-,30-,31-/m1/s1. The number of benzene rings is 1. The van der Waals surface area contributed by atoms with Crippen molar-refractivity contribution >= 4 is 26.0 Å². The molecule has 0 radical (unpaired) electrons. The monoisotopic (exact) mass is 681 g/mol. The fourth-order valence-electron chi connectivity index (χ4n) is 4.41. The summed E-state index contributed by atoms with van der Waals surface area (Å²) in [5, 5.41) is 3.23. The topological polar surface area (TPSA) is 174 Å². The second-order valence-corrected chi connectivity index (χ2v) is 17.7. The molecule has 47 heavy (non-hydrogen) atoms. The summed E-state index contributed by atoms with van der Waals surface area (Å²) in [6, 6.07) is 5.12.